The van der Waals surface area contributed by atoms with E-state index in [1.54, 1.807) is 24.3 Å². The molecule has 0 atom stereocenters. The second-order valence-electron chi connectivity index (χ2n) is 4.63. The van der Waals surface area contributed by atoms with Gasteiger partial charge in [0.05, 0.1) is 17.9 Å². The Labute approximate surface area is 129 Å². The topological polar surface area (TPSA) is 88.1 Å². The third-order valence-electron chi connectivity index (χ3n) is 2.98. The highest BCUT2D eigenvalue weighted by Crippen LogP contribution is 2.19. The van der Waals surface area contributed by atoms with Gasteiger partial charge in [0.1, 0.15) is 5.75 Å². The van der Waals surface area contributed by atoms with E-state index < -0.39 is 16.1 Å². The SMILES string of the molecule is CCOc1ccc(NC(=O)C2=CN(C)S(=O)(=O)N=C2C)cc1. The maximum absolute atomic E-state index is 12.2. The first kappa shape index (κ1) is 16.0. The largest absolute Gasteiger partial charge is 0.494 e. The lowest BCUT2D eigenvalue weighted by atomic mass is 10.1. The number of hydrogen-bond acceptors (Lipinski definition) is 4. The van der Waals surface area contributed by atoms with Crippen LogP contribution in [0.5, 0.6) is 5.75 Å². The van der Waals surface area contributed by atoms with Crippen molar-refractivity contribution in [2.24, 2.45) is 4.40 Å². The molecule has 22 heavy (non-hydrogen) atoms. The van der Waals surface area contributed by atoms with Crippen molar-refractivity contribution in [2.75, 3.05) is 19.0 Å². The van der Waals surface area contributed by atoms with E-state index in [4.69, 9.17) is 4.74 Å². The van der Waals surface area contributed by atoms with E-state index in [1.807, 2.05) is 6.92 Å². The Morgan fingerprint density at radius 1 is 1.32 bits per heavy atom. The Morgan fingerprint density at radius 2 is 1.95 bits per heavy atom. The van der Waals surface area contributed by atoms with Crippen molar-refractivity contribution in [2.45, 2.75) is 13.8 Å². The molecule has 0 radical (unpaired) electrons. The normalized spacial score (nSPS) is 16.6. The molecule has 1 aromatic rings. The van der Waals surface area contributed by atoms with Crippen LogP contribution in [0, 0.1) is 0 Å². The summed E-state index contributed by atoms with van der Waals surface area (Å²) >= 11 is 0. The molecule has 1 amide bonds. The van der Waals surface area contributed by atoms with Crippen LogP contribution in [0.15, 0.2) is 40.4 Å². The van der Waals surface area contributed by atoms with Crippen molar-refractivity contribution in [3.63, 3.8) is 0 Å². The summed E-state index contributed by atoms with van der Waals surface area (Å²) in [6.07, 6.45) is 1.25. The molecule has 0 unspecified atom stereocenters. The van der Waals surface area contributed by atoms with Crippen LogP contribution in [0.1, 0.15) is 13.8 Å². The summed E-state index contributed by atoms with van der Waals surface area (Å²) in [5.41, 5.74) is 0.936. The molecule has 1 N–H and O–H groups in total. The summed E-state index contributed by atoms with van der Waals surface area (Å²) < 4.78 is 32.9. The zero-order valence-corrected chi connectivity index (χ0v) is 13.3. The molecule has 0 aliphatic carbocycles. The van der Waals surface area contributed by atoms with Gasteiger partial charge in [0.15, 0.2) is 0 Å². The standard InChI is InChI=1S/C14H17N3O4S/c1-4-21-12-7-5-11(6-8-12)15-14(18)13-9-17(3)22(19,20)16-10(13)2/h5-9H,4H2,1-3H3,(H,15,18). The number of nitrogens with one attached hydrogen (secondary N) is 1. The second-order valence-corrected chi connectivity index (χ2v) is 6.28. The predicted molar refractivity (Wildman–Crippen MR) is 84.1 cm³/mol. The minimum atomic E-state index is -3.71. The summed E-state index contributed by atoms with van der Waals surface area (Å²) in [6.45, 7) is 3.93. The summed E-state index contributed by atoms with van der Waals surface area (Å²) in [5.74, 6) is 0.285. The van der Waals surface area contributed by atoms with Crippen molar-refractivity contribution in [1.82, 2.24) is 4.31 Å². The minimum Gasteiger partial charge on any atom is -0.494 e. The van der Waals surface area contributed by atoms with E-state index in [9.17, 15) is 13.2 Å². The number of carbonyl (C=O) groups excluding carboxylic acids is 1. The highest BCUT2D eigenvalue weighted by molar-refractivity contribution is 7.88. The molecule has 0 spiro atoms. The van der Waals surface area contributed by atoms with Gasteiger partial charge in [0.2, 0.25) is 0 Å². The third kappa shape index (κ3) is 3.45. The van der Waals surface area contributed by atoms with Gasteiger partial charge in [-0.15, -0.1) is 4.40 Å². The molecule has 1 heterocycles. The Bertz CT molecular complexity index is 736. The summed E-state index contributed by atoms with van der Waals surface area (Å²) in [5, 5.41) is 2.69. The van der Waals surface area contributed by atoms with E-state index in [2.05, 4.69) is 9.71 Å². The summed E-state index contributed by atoms with van der Waals surface area (Å²) in [7, 11) is -2.38. The van der Waals surface area contributed by atoms with Crippen LogP contribution in [0.3, 0.4) is 0 Å². The lowest BCUT2D eigenvalue weighted by Crippen LogP contribution is -2.30. The van der Waals surface area contributed by atoms with Crippen LogP contribution in [0.4, 0.5) is 5.69 Å². The van der Waals surface area contributed by atoms with Gasteiger partial charge in [-0.25, -0.2) is 0 Å². The fraction of sp³-hybridized carbons (Fsp3) is 0.286. The van der Waals surface area contributed by atoms with E-state index in [0.29, 0.717) is 18.0 Å². The Hall–Kier alpha value is -2.35. The molecule has 0 aromatic heterocycles. The number of carbonyl (C=O) groups is 1. The van der Waals surface area contributed by atoms with Crippen LogP contribution < -0.4 is 10.1 Å². The van der Waals surface area contributed by atoms with Crippen molar-refractivity contribution in [3.05, 3.63) is 36.0 Å². The van der Waals surface area contributed by atoms with Gasteiger partial charge in [0.25, 0.3) is 5.91 Å². The van der Waals surface area contributed by atoms with Crippen LogP contribution >= 0.6 is 0 Å². The molecule has 7 nitrogen and oxygen atoms in total. The Morgan fingerprint density at radius 3 is 2.55 bits per heavy atom. The fourth-order valence-electron chi connectivity index (χ4n) is 1.85. The number of hydrogen-bond donors (Lipinski definition) is 1. The maximum atomic E-state index is 12.2. The molecule has 2 rings (SSSR count). The number of rotatable bonds is 4. The number of benzene rings is 1. The van der Waals surface area contributed by atoms with Gasteiger partial charge in [-0.2, -0.15) is 8.42 Å². The monoisotopic (exact) mass is 323 g/mol. The first-order valence-electron chi connectivity index (χ1n) is 6.64. The quantitative estimate of drug-likeness (QED) is 0.911. The van der Waals surface area contributed by atoms with E-state index in [0.717, 1.165) is 4.31 Å². The smallest absolute Gasteiger partial charge is 0.344 e. The summed E-state index contributed by atoms with van der Waals surface area (Å²) in [6, 6.07) is 6.90. The molecular weight excluding hydrogens is 306 g/mol. The molecule has 0 bridgehead atoms. The van der Waals surface area contributed by atoms with Gasteiger partial charge in [-0.05, 0) is 38.1 Å². The highest BCUT2D eigenvalue weighted by atomic mass is 32.2. The number of ether oxygens (including phenoxy) is 1. The third-order valence-corrected chi connectivity index (χ3v) is 4.32. The Balaban J connectivity index is 2.14. The lowest BCUT2D eigenvalue weighted by Gasteiger charge is -2.19. The maximum Gasteiger partial charge on any atom is 0.344 e. The minimum absolute atomic E-state index is 0.154. The van der Waals surface area contributed by atoms with Crippen molar-refractivity contribution < 1.29 is 17.9 Å². The molecule has 8 heteroatoms. The van der Waals surface area contributed by atoms with Crippen molar-refractivity contribution in [3.8, 4) is 5.75 Å². The fourth-order valence-corrected chi connectivity index (χ4v) is 2.66. The first-order chi connectivity index (χ1) is 10.3. The molecule has 1 aromatic carbocycles. The zero-order valence-electron chi connectivity index (χ0n) is 12.5. The molecule has 0 fully saturated rings. The number of amides is 1. The average Bonchev–Trinajstić information content (AvgIpc) is 2.44. The van der Waals surface area contributed by atoms with Gasteiger partial charge < -0.3 is 10.1 Å². The van der Waals surface area contributed by atoms with E-state index >= 15 is 0 Å². The molecule has 118 valence electrons. The average molecular weight is 323 g/mol. The van der Waals surface area contributed by atoms with Crippen LogP contribution in [-0.2, 0) is 15.0 Å². The van der Waals surface area contributed by atoms with E-state index in [1.165, 1.54) is 20.2 Å². The molecule has 0 saturated carbocycles. The van der Waals surface area contributed by atoms with Crippen molar-refractivity contribution >= 4 is 27.5 Å². The van der Waals surface area contributed by atoms with Gasteiger partial charge >= 0.3 is 10.2 Å². The second kappa shape index (κ2) is 6.18. The highest BCUT2D eigenvalue weighted by Gasteiger charge is 2.25. The molecule has 1 aliphatic rings. The van der Waals surface area contributed by atoms with Gasteiger partial charge in [0, 0.05) is 18.9 Å². The Kier molecular flexibility index (Phi) is 4.51. The van der Waals surface area contributed by atoms with E-state index in [-0.39, 0.29) is 11.3 Å². The van der Waals surface area contributed by atoms with Crippen LogP contribution in [-0.4, -0.2) is 38.0 Å². The first-order valence-corrected chi connectivity index (χ1v) is 8.04. The lowest BCUT2D eigenvalue weighted by molar-refractivity contribution is -0.112. The molecule has 0 saturated heterocycles. The number of anilines is 1. The molecule has 1 aliphatic heterocycles. The van der Waals surface area contributed by atoms with Gasteiger partial charge in [-0.3, -0.25) is 9.10 Å². The summed E-state index contributed by atoms with van der Waals surface area (Å²) in [4.78, 5) is 12.2. The van der Waals surface area contributed by atoms with Crippen LogP contribution in [0.25, 0.3) is 0 Å². The van der Waals surface area contributed by atoms with Crippen molar-refractivity contribution in [1.29, 1.82) is 0 Å². The predicted octanol–water partition coefficient (Wildman–Crippen LogP) is 1.56. The van der Waals surface area contributed by atoms with Crippen LogP contribution in [0.2, 0.25) is 0 Å². The molecular formula is C14H17N3O4S. The van der Waals surface area contributed by atoms with Gasteiger partial charge in [-0.1, -0.05) is 0 Å². The number of nitrogens with zero attached hydrogens (tertiary/aromatic N) is 2. The zero-order chi connectivity index (χ0) is 16.3.